The first kappa shape index (κ1) is 19.9. The smallest absolute Gasteiger partial charge is 0.393 e. The molecule has 3 atom stereocenters. The summed E-state index contributed by atoms with van der Waals surface area (Å²) in [5.74, 6) is 0.590. The van der Waals surface area contributed by atoms with Gasteiger partial charge in [-0.3, -0.25) is 9.80 Å². The summed E-state index contributed by atoms with van der Waals surface area (Å²) in [4.78, 5) is 3.65. The number of aliphatic hydroxyl groups excluding tert-OH is 1. The second-order valence-electron chi connectivity index (χ2n) is 7.55. The van der Waals surface area contributed by atoms with Crippen LogP contribution in [0.5, 0.6) is 0 Å². The van der Waals surface area contributed by atoms with E-state index in [2.05, 4.69) is 22.0 Å². The molecule has 0 bridgehead atoms. The van der Waals surface area contributed by atoms with Crippen molar-refractivity contribution < 1.29 is 18.3 Å². The van der Waals surface area contributed by atoms with Crippen LogP contribution in [-0.2, 0) is 6.54 Å². The second-order valence-corrected chi connectivity index (χ2v) is 9.03. The number of piperidine rings is 1. The van der Waals surface area contributed by atoms with Gasteiger partial charge in [0.1, 0.15) is 0 Å². The molecule has 146 valence electrons. The van der Waals surface area contributed by atoms with E-state index in [0.29, 0.717) is 19.5 Å². The summed E-state index contributed by atoms with van der Waals surface area (Å²) in [6.07, 6.45) is -4.37. The third kappa shape index (κ3) is 4.88. The Bertz CT molecular complexity index is 615. The first-order chi connectivity index (χ1) is 12.1. The number of aryl methyl sites for hydroxylation is 1. The molecule has 0 aromatic carbocycles. The molecule has 1 N–H and O–H groups in total. The zero-order chi connectivity index (χ0) is 18.9. The summed E-state index contributed by atoms with van der Waals surface area (Å²) in [6, 6.07) is 3.87. The number of hydrogen-bond acceptors (Lipinski definition) is 6. The highest BCUT2D eigenvalue weighted by Crippen LogP contribution is 2.44. The van der Waals surface area contributed by atoms with Gasteiger partial charge >= 0.3 is 6.18 Å². The van der Waals surface area contributed by atoms with E-state index in [1.807, 2.05) is 19.1 Å². The van der Waals surface area contributed by atoms with Crippen LogP contribution >= 0.6 is 11.8 Å². The predicted octanol–water partition coefficient (Wildman–Crippen LogP) is 2.30. The van der Waals surface area contributed by atoms with E-state index in [9.17, 15) is 18.3 Å². The molecular weight excluding hydrogens is 365 g/mol. The van der Waals surface area contributed by atoms with Crippen molar-refractivity contribution in [3.63, 3.8) is 0 Å². The van der Waals surface area contributed by atoms with E-state index < -0.39 is 18.8 Å². The Morgan fingerprint density at radius 2 is 2.08 bits per heavy atom. The van der Waals surface area contributed by atoms with Crippen molar-refractivity contribution in [2.75, 3.05) is 32.1 Å². The number of aliphatic hydroxyl groups is 1. The van der Waals surface area contributed by atoms with Crippen molar-refractivity contribution in [1.29, 1.82) is 0 Å². The number of likely N-dealkylation sites (tertiary alicyclic amines) is 1. The molecule has 0 spiro atoms. The lowest BCUT2D eigenvalue weighted by Crippen LogP contribution is -2.54. The van der Waals surface area contributed by atoms with Gasteiger partial charge in [0.2, 0.25) is 0 Å². The Labute approximate surface area is 156 Å². The molecule has 0 aliphatic carbocycles. The van der Waals surface area contributed by atoms with E-state index >= 15 is 0 Å². The summed E-state index contributed by atoms with van der Waals surface area (Å²) in [5.41, 5.74) is 1.74. The number of rotatable bonds is 4. The van der Waals surface area contributed by atoms with Crippen LogP contribution in [0, 0.1) is 12.8 Å². The van der Waals surface area contributed by atoms with E-state index in [-0.39, 0.29) is 17.2 Å². The van der Waals surface area contributed by atoms with Crippen LogP contribution in [0.25, 0.3) is 0 Å². The Balaban J connectivity index is 1.62. The molecule has 9 heteroatoms. The summed E-state index contributed by atoms with van der Waals surface area (Å²) in [7, 11) is 0. The van der Waals surface area contributed by atoms with E-state index in [1.54, 1.807) is 11.8 Å². The molecule has 0 saturated carbocycles. The van der Waals surface area contributed by atoms with Gasteiger partial charge in [-0.05, 0) is 32.4 Å². The average molecular weight is 390 g/mol. The normalized spacial score (nSPS) is 31.5. The quantitative estimate of drug-likeness (QED) is 0.852. The van der Waals surface area contributed by atoms with Gasteiger partial charge in [0, 0.05) is 42.7 Å². The highest BCUT2D eigenvalue weighted by molar-refractivity contribution is 8.00. The van der Waals surface area contributed by atoms with Crippen molar-refractivity contribution >= 4 is 11.8 Å². The van der Waals surface area contributed by atoms with Crippen molar-refractivity contribution in [2.45, 2.75) is 43.8 Å². The first-order valence-corrected chi connectivity index (χ1v) is 9.76. The van der Waals surface area contributed by atoms with Gasteiger partial charge in [0.25, 0.3) is 0 Å². The maximum atomic E-state index is 12.7. The fraction of sp³-hybridized carbons (Fsp3) is 0.765. The topological polar surface area (TPSA) is 52.5 Å². The van der Waals surface area contributed by atoms with Crippen molar-refractivity contribution in [3.8, 4) is 0 Å². The number of thioether (sulfide) groups is 1. The Morgan fingerprint density at radius 3 is 2.73 bits per heavy atom. The van der Waals surface area contributed by atoms with Gasteiger partial charge < -0.3 is 5.11 Å². The van der Waals surface area contributed by atoms with Crippen LogP contribution in [-0.4, -0.2) is 74.2 Å². The van der Waals surface area contributed by atoms with Gasteiger partial charge in [-0.25, -0.2) is 0 Å². The molecule has 0 radical (unpaired) electrons. The zero-order valence-corrected chi connectivity index (χ0v) is 15.9. The summed E-state index contributed by atoms with van der Waals surface area (Å²) < 4.78 is 37.9. The Kier molecular flexibility index (Phi) is 5.81. The molecular formula is C17H25F3N4OS. The van der Waals surface area contributed by atoms with Gasteiger partial charge in [-0.1, -0.05) is 0 Å². The fourth-order valence-electron chi connectivity index (χ4n) is 3.84. The number of halogens is 3. The maximum Gasteiger partial charge on any atom is 0.401 e. The number of hydrogen-bond donors (Lipinski definition) is 1. The van der Waals surface area contributed by atoms with E-state index in [4.69, 9.17) is 0 Å². The van der Waals surface area contributed by atoms with Crippen molar-refractivity contribution in [2.24, 2.45) is 5.92 Å². The standard InChI is InChI=1S/C17H25F3N4OS/c1-12-3-4-13(22-21-12)7-24-9-16(2,26-11-24)14-8-23(6-5-15(14)25)10-17(18,19)20/h3-4,14-15,25H,5-11H2,1-2H3. The molecule has 0 amide bonds. The van der Waals surface area contributed by atoms with Gasteiger partial charge in [0.05, 0.1) is 24.0 Å². The molecule has 1 aromatic rings. The minimum absolute atomic E-state index is 0.183. The monoisotopic (exact) mass is 390 g/mol. The summed E-state index contributed by atoms with van der Waals surface area (Å²) in [5, 5.41) is 18.7. The third-order valence-electron chi connectivity index (χ3n) is 5.20. The summed E-state index contributed by atoms with van der Waals surface area (Å²) >= 11 is 1.72. The molecule has 2 saturated heterocycles. The molecule has 26 heavy (non-hydrogen) atoms. The minimum atomic E-state index is -4.20. The Morgan fingerprint density at radius 1 is 1.31 bits per heavy atom. The van der Waals surface area contributed by atoms with Crippen LogP contribution in [0.2, 0.25) is 0 Å². The van der Waals surface area contributed by atoms with Crippen LogP contribution in [0.1, 0.15) is 24.7 Å². The first-order valence-electron chi connectivity index (χ1n) is 8.77. The van der Waals surface area contributed by atoms with Crippen LogP contribution < -0.4 is 0 Å². The lowest BCUT2D eigenvalue weighted by molar-refractivity contribution is -0.154. The molecule has 2 fully saturated rings. The molecule has 2 aliphatic heterocycles. The molecule has 2 aliphatic rings. The molecule has 3 rings (SSSR count). The van der Waals surface area contributed by atoms with Gasteiger partial charge in [-0.15, -0.1) is 11.8 Å². The lowest BCUT2D eigenvalue weighted by atomic mass is 9.83. The van der Waals surface area contributed by atoms with Crippen molar-refractivity contribution in [3.05, 3.63) is 23.5 Å². The van der Waals surface area contributed by atoms with Crippen LogP contribution in [0.15, 0.2) is 12.1 Å². The van der Waals surface area contributed by atoms with Crippen LogP contribution in [0.3, 0.4) is 0 Å². The van der Waals surface area contributed by atoms with E-state index in [1.165, 1.54) is 4.90 Å². The zero-order valence-electron chi connectivity index (χ0n) is 15.0. The molecule has 3 heterocycles. The van der Waals surface area contributed by atoms with Crippen molar-refractivity contribution in [1.82, 2.24) is 20.0 Å². The highest BCUT2D eigenvalue weighted by Gasteiger charge is 2.47. The van der Waals surface area contributed by atoms with E-state index in [0.717, 1.165) is 23.8 Å². The fourth-order valence-corrected chi connectivity index (χ4v) is 5.22. The molecule has 5 nitrogen and oxygen atoms in total. The largest absolute Gasteiger partial charge is 0.401 e. The number of alkyl halides is 3. The van der Waals surface area contributed by atoms with Crippen LogP contribution in [0.4, 0.5) is 13.2 Å². The average Bonchev–Trinajstić information content (AvgIpc) is 2.92. The molecule has 3 unspecified atom stereocenters. The SMILES string of the molecule is Cc1ccc(CN2CSC(C)(C3CN(CC(F)(F)F)CCC3O)C2)nn1. The molecule has 1 aromatic heterocycles. The Hall–Kier alpha value is -0.900. The maximum absolute atomic E-state index is 12.7. The van der Waals surface area contributed by atoms with Gasteiger partial charge in [-0.2, -0.15) is 23.4 Å². The lowest BCUT2D eigenvalue weighted by Gasteiger charge is -2.44. The predicted molar refractivity (Wildman–Crippen MR) is 94.7 cm³/mol. The van der Waals surface area contributed by atoms with Gasteiger partial charge in [0.15, 0.2) is 0 Å². The second kappa shape index (κ2) is 7.61. The highest BCUT2D eigenvalue weighted by atomic mass is 32.2. The minimum Gasteiger partial charge on any atom is -0.393 e. The number of aromatic nitrogens is 2. The third-order valence-corrected chi connectivity index (χ3v) is 6.79. The number of nitrogens with zero attached hydrogens (tertiary/aromatic N) is 4. The summed E-state index contributed by atoms with van der Waals surface area (Å²) in [6.45, 7) is 4.99.